The molecule has 0 fully saturated rings. The Hall–Kier alpha value is -3.23. The summed E-state index contributed by atoms with van der Waals surface area (Å²) in [6.07, 6.45) is -0.285. The standard InChI is InChI=1S/C16H11F3N4O2/c1-9-13(14(24)22-12-8-20-5-6-21-12)23-15(25-9)10-3-2-4-11(7-10)16(17,18)19/h2-8H,1H3,(H,21,22,24). The summed E-state index contributed by atoms with van der Waals surface area (Å²) in [6, 6.07) is 4.53. The topological polar surface area (TPSA) is 80.9 Å². The van der Waals surface area contributed by atoms with Crippen molar-refractivity contribution < 1.29 is 22.4 Å². The van der Waals surface area contributed by atoms with Crippen LogP contribution in [-0.4, -0.2) is 20.9 Å². The molecule has 128 valence electrons. The third kappa shape index (κ3) is 3.65. The highest BCUT2D eigenvalue weighted by atomic mass is 19.4. The maximum Gasteiger partial charge on any atom is 0.416 e. The van der Waals surface area contributed by atoms with E-state index in [9.17, 15) is 18.0 Å². The zero-order valence-corrected chi connectivity index (χ0v) is 12.8. The van der Waals surface area contributed by atoms with Gasteiger partial charge in [0.15, 0.2) is 11.5 Å². The number of amides is 1. The molecule has 0 spiro atoms. The number of nitrogens with one attached hydrogen (secondary N) is 1. The average molecular weight is 348 g/mol. The number of rotatable bonds is 3. The van der Waals surface area contributed by atoms with E-state index in [1.807, 2.05) is 0 Å². The van der Waals surface area contributed by atoms with E-state index in [4.69, 9.17) is 4.42 Å². The van der Waals surface area contributed by atoms with Gasteiger partial charge < -0.3 is 9.73 Å². The number of nitrogens with zero attached hydrogens (tertiary/aromatic N) is 3. The van der Waals surface area contributed by atoms with Gasteiger partial charge in [-0.25, -0.2) is 9.97 Å². The van der Waals surface area contributed by atoms with Crippen molar-refractivity contribution in [3.63, 3.8) is 0 Å². The summed E-state index contributed by atoms with van der Waals surface area (Å²) in [4.78, 5) is 23.9. The van der Waals surface area contributed by atoms with Crippen molar-refractivity contribution in [2.45, 2.75) is 13.1 Å². The zero-order chi connectivity index (χ0) is 18.0. The molecule has 0 saturated heterocycles. The van der Waals surface area contributed by atoms with Gasteiger partial charge in [0, 0.05) is 18.0 Å². The van der Waals surface area contributed by atoms with Crippen molar-refractivity contribution in [3.8, 4) is 11.5 Å². The monoisotopic (exact) mass is 348 g/mol. The van der Waals surface area contributed by atoms with Gasteiger partial charge in [0.05, 0.1) is 11.8 Å². The van der Waals surface area contributed by atoms with E-state index in [0.717, 1.165) is 12.1 Å². The van der Waals surface area contributed by atoms with E-state index in [0.29, 0.717) is 0 Å². The van der Waals surface area contributed by atoms with Gasteiger partial charge in [-0.2, -0.15) is 13.2 Å². The Kier molecular flexibility index (Phi) is 4.22. The molecule has 0 aliphatic rings. The third-order valence-electron chi connectivity index (χ3n) is 3.25. The van der Waals surface area contributed by atoms with Gasteiger partial charge in [0.2, 0.25) is 5.89 Å². The summed E-state index contributed by atoms with van der Waals surface area (Å²) in [5.74, 6) is -0.280. The lowest BCUT2D eigenvalue weighted by atomic mass is 10.1. The van der Waals surface area contributed by atoms with Crippen LogP contribution in [0.1, 0.15) is 21.8 Å². The summed E-state index contributed by atoms with van der Waals surface area (Å²) in [5, 5.41) is 2.48. The molecule has 1 amide bonds. The van der Waals surface area contributed by atoms with Crippen LogP contribution < -0.4 is 5.32 Å². The summed E-state index contributed by atoms with van der Waals surface area (Å²) >= 11 is 0. The minimum Gasteiger partial charge on any atom is -0.441 e. The quantitative estimate of drug-likeness (QED) is 0.780. The number of oxazole rings is 1. The van der Waals surface area contributed by atoms with Gasteiger partial charge in [0.25, 0.3) is 5.91 Å². The SMILES string of the molecule is Cc1oc(-c2cccc(C(F)(F)F)c2)nc1C(=O)Nc1cnccn1. The Balaban J connectivity index is 1.89. The first-order valence-corrected chi connectivity index (χ1v) is 7.07. The fraction of sp³-hybridized carbons (Fsp3) is 0.125. The molecule has 3 aromatic rings. The number of hydrogen-bond acceptors (Lipinski definition) is 5. The normalized spacial score (nSPS) is 11.4. The number of hydrogen-bond donors (Lipinski definition) is 1. The van der Waals surface area contributed by atoms with Gasteiger partial charge in [-0.3, -0.25) is 9.78 Å². The van der Waals surface area contributed by atoms with Crippen molar-refractivity contribution in [1.29, 1.82) is 0 Å². The fourth-order valence-corrected chi connectivity index (χ4v) is 2.10. The van der Waals surface area contributed by atoms with Crippen molar-refractivity contribution in [1.82, 2.24) is 15.0 Å². The molecule has 1 N–H and O–H groups in total. The zero-order valence-electron chi connectivity index (χ0n) is 12.8. The lowest BCUT2D eigenvalue weighted by Gasteiger charge is -2.06. The lowest BCUT2D eigenvalue weighted by Crippen LogP contribution is -2.14. The predicted molar refractivity (Wildman–Crippen MR) is 81.7 cm³/mol. The maximum absolute atomic E-state index is 12.8. The van der Waals surface area contributed by atoms with Crippen LogP contribution in [0.5, 0.6) is 0 Å². The average Bonchev–Trinajstić information content (AvgIpc) is 2.97. The van der Waals surface area contributed by atoms with E-state index in [1.165, 1.54) is 37.6 Å². The minimum absolute atomic E-state index is 0.0435. The van der Waals surface area contributed by atoms with Crippen molar-refractivity contribution in [3.05, 3.63) is 59.9 Å². The van der Waals surface area contributed by atoms with Gasteiger partial charge >= 0.3 is 6.18 Å². The van der Waals surface area contributed by atoms with Crippen LogP contribution in [0.15, 0.2) is 47.3 Å². The molecule has 2 heterocycles. The second-order valence-corrected chi connectivity index (χ2v) is 5.05. The van der Waals surface area contributed by atoms with Crippen molar-refractivity contribution >= 4 is 11.7 Å². The Bertz CT molecular complexity index is 907. The van der Waals surface area contributed by atoms with Crippen LogP contribution in [0, 0.1) is 6.92 Å². The molecular weight excluding hydrogens is 337 g/mol. The number of aryl methyl sites for hydroxylation is 1. The highest BCUT2D eigenvalue weighted by Gasteiger charge is 2.31. The molecule has 9 heteroatoms. The smallest absolute Gasteiger partial charge is 0.416 e. The van der Waals surface area contributed by atoms with Gasteiger partial charge in [0.1, 0.15) is 5.76 Å². The molecule has 0 unspecified atom stereocenters. The van der Waals surface area contributed by atoms with Gasteiger partial charge in [-0.15, -0.1) is 0 Å². The van der Waals surface area contributed by atoms with Gasteiger partial charge in [-0.05, 0) is 25.1 Å². The number of anilines is 1. The fourth-order valence-electron chi connectivity index (χ4n) is 2.10. The summed E-state index contributed by atoms with van der Waals surface area (Å²) < 4.78 is 43.8. The van der Waals surface area contributed by atoms with E-state index in [2.05, 4.69) is 20.3 Å². The second-order valence-electron chi connectivity index (χ2n) is 5.05. The van der Waals surface area contributed by atoms with E-state index < -0.39 is 17.6 Å². The number of aromatic nitrogens is 3. The van der Waals surface area contributed by atoms with Crippen LogP contribution >= 0.6 is 0 Å². The van der Waals surface area contributed by atoms with E-state index in [1.54, 1.807) is 0 Å². The highest BCUT2D eigenvalue weighted by molar-refractivity contribution is 6.03. The lowest BCUT2D eigenvalue weighted by molar-refractivity contribution is -0.137. The number of halogens is 3. The molecule has 25 heavy (non-hydrogen) atoms. The minimum atomic E-state index is -4.48. The second kappa shape index (κ2) is 6.34. The molecule has 0 aliphatic carbocycles. The molecule has 3 rings (SSSR count). The molecule has 0 aliphatic heterocycles. The van der Waals surface area contributed by atoms with Crippen LogP contribution in [0.3, 0.4) is 0 Å². The number of carbonyl (C=O) groups is 1. The van der Waals surface area contributed by atoms with Crippen LogP contribution in [-0.2, 0) is 6.18 Å². The molecule has 0 saturated carbocycles. The number of benzene rings is 1. The molecule has 6 nitrogen and oxygen atoms in total. The molecule has 0 radical (unpaired) electrons. The third-order valence-corrected chi connectivity index (χ3v) is 3.25. The first-order chi connectivity index (χ1) is 11.8. The highest BCUT2D eigenvalue weighted by Crippen LogP contribution is 2.32. The van der Waals surface area contributed by atoms with E-state index in [-0.39, 0.29) is 28.7 Å². The van der Waals surface area contributed by atoms with Crippen LogP contribution in [0.2, 0.25) is 0 Å². The molecular formula is C16H11F3N4O2. The Morgan fingerprint density at radius 1 is 1.24 bits per heavy atom. The largest absolute Gasteiger partial charge is 0.441 e. The first-order valence-electron chi connectivity index (χ1n) is 7.07. The van der Waals surface area contributed by atoms with Crippen molar-refractivity contribution in [2.24, 2.45) is 0 Å². The molecule has 0 atom stereocenters. The first kappa shape index (κ1) is 16.6. The Morgan fingerprint density at radius 3 is 2.72 bits per heavy atom. The maximum atomic E-state index is 12.8. The van der Waals surface area contributed by atoms with E-state index >= 15 is 0 Å². The Morgan fingerprint density at radius 2 is 2.04 bits per heavy atom. The Labute approximate surface area is 139 Å². The molecule has 2 aromatic heterocycles. The summed E-state index contributed by atoms with van der Waals surface area (Å²) in [5.41, 5.74) is -0.749. The predicted octanol–water partition coefficient (Wildman–Crippen LogP) is 3.71. The van der Waals surface area contributed by atoms with Crippen molar-refractivity contribution in [2.75, 3.05) is 5.32 Å². The molecule has 1 aromatic carbocycles. The summed E-state index contributed by atoms with van der Waals surface area (Å²) in [7, 11) is 0. The molecule has 0 bridgehead atoms. The number of carbonyl (C=O) groups excluding carboxylic acids is 1. The number of alkyl halides is 3. The van der Waals surface area contributed by atoms with Crippen LogP contribution in [0.25, 0.3) is 11.5 Å². The van der Waals surface area contributed by atoms with Gasteiger partial charge in [-0.1, -0.05) is 6.07 Å². The van der Waals surface area contributed by atoms with Crippen LogP contribution in [0.4, 0.5) is 19.0 Å². The summed E-state index contributed by atoms with van der Waals surface area (Å²) in [6.45, 7) is 1.50.